The molecule has 0 spiro atoms. The molecule has 3 amide bonds. The number of ether oxygens (including phenoxy) is 1. The Kier molecular flexibility index (Phi) is 5.37. The Labute approximate surface area is 171 Å². The monoisotopic (exact) mass is 405 g/mol. The summed E-state index contributed by atoms with van der Waals surface area (Å²) >= 11 is 0. The maximum Gasteiger partial charge on any atom is 0.322 e. The lowest BCUT2D eigenvalue weighted by Gasteiger charge is -2.11. The van der Waals surface area contributed by atoms with E-state index in [2.05, 4.69) is 36.1 Å². The molecule has 4 N–H and O–H groups in total. The van der Waals surface area contributed by atoms with Crippen LogP contribution in [-0.2, 0) is 9.53 Å². The Morgan fingerprint density at radius 2 is 2.20 bits per heavy atom. The lowest BCUT2D eigenvalue weighted by Crippen LogP contribution is -2.31. The number of nitrogens with zero attached hydrogens (tertiary/aromatic N) is 3. The van der Waals surface area contributed by atoms with Crippen molar-refractivity contribution in [2.45, 2.75) is 12.0 Å². The molecule has 4 heterocycles. The maximum absolute atomic E-state index is 11.9. The van der Waals surface area contributed by atoms with Crippen molar-refractivity contribution < 1.29 is 14.3 Å². The molecule has 1 saturated heterocycles. The predicted molar refractivity (Wildman–Crippen MR) is 110 cm³/mol. The number of rotatable bonds is 6. The molecule has 0 aliphatic carbocycles. The number of anilines is 1. The van der Waals surface area contributed by atoms with Crippen LogP contribution < -0.4 is 16.0 Å². The van der Waals surface area contributed by atoms with Crippen LogP contribution in [-0.4, -0.2) is 46.5 Å². The van der Waals surface area contributed by atoms with Gasteiger partial charge in [-0.25, -0.2) is 14.8 Å². The van der Waals surface area contributed by atoms with E-state index in [1.807, 2.05) is 36.7 Å². The number of allylic oxidation sites excluding steroid dienone is 3. The first-order chi connectivity index (χ1) is 14.6. The van der Waals surface area contributed by atoms with Crippen molar-refractivity contribution in [1.29, 1.82) is 0 Å². The van der Waals surface area contributed by atoms with E-state index in [0.29, 0.717) is 17.3 Å². The largest absolute Gasteiger partial charge is 0.498 e. The third-order valence-electron chi connectivity index (χ3n) is 4.46. The molecule has 4 rings (SSSR count). The quantitative estimate of drug-likeness (QED) is 0.427. The van der Waals surface area contributed by atoms with E-state index in [-0.39, 0.29) is 11.7 Å². The summed E-state index contributed by atoms with van der Waals surface area (Å²) in [6.45, 7) is 0. The number of carbonyl (C=O) groups is 2. The van der Waals surface area contributed by atoms with Crippen molar-refractivity contribution in [3.8, 4) is 0 Å². The minimum atomic E-state index is -0.889. The minimum Gasteiger partial charge on any atom is -0.498 e. The fourth-order valence-electron chi connectivity index (χ4n) is 2.99. The Morgan fingerprint density at radius 3 is 2.93 bits per heavy atom. The molecule has 0 aromatic carbocycles. The number of methoxy groups -OCH3 is 1. The van der Waals surface area contributed by atoms with E-state index >= 15 is 0 Å². The molecule has 0 radical (unpaired) electrons. The van der Waals surface area contributed by atoms with Crippen molar-refractivity contribution in [2.75, 3.05) is 12.4 Å². The fraction of sp³-hybridized carbons (Fsp3) is 0.150. The van der Waals surface area contributed by atoms with Gasteiger partial charge in [-0.3, -0.25) is 15.2 Å². The summed E-state index contributed by atoms with van der Waals surface area (Å²) in [4.78, 5) is 32.2. The highest BCUT2D eigenvalue weighted by molar-refractivity contribution is 6.06. The van der Waals surface area contributed by atoms with E-state index < -0.39 is 18.0 Å². The summed E-state index contributed by atoms with van der Waals surface area (Å²) in [6.07, 6.45) is 12.8. The molecule has 10 nitrogen and oxygen atoms in total. The number of aliphatic imine (C=N–C) groups is 1. The first-order valence-electron chi connectivity index (χ1n) is 9.15. The van der Waals surface area contributed by atoms with Gasteiger partial charge >= 0.3 is 6.03 Å². The van der Waals surface area contributed by atoms with Gasteiger partial charge in [-0.15, -0.1) is 0 Å². The zero-order chi connectivity index (χ0) is 20.9. The molecule has 0 saturated carbocycles. The number of aromatic amines is 1. The number of nitrogens with one attached hydrogen (secondary N) is 4. The van der Waals surface area contributed by atoms with Gasteiger partial charge in [-0.2, -0.15) is 5.10 Å². The highest BCUT2D eigenvalue weighted by Gasteiger charge is 2.33. The van der Waals surface area contributed by atoms with Crippen molar-refractivity contribution in [3.63, 3.8) is 0 Å². The Bertz CT molecular complexity index is 1070. The van der Waals surface area contributed by atoms with Crippen LogP contribution in [0.4, 0.5) is 10.6 Å². The number of hydrogen-bond acceptors (Lipinski definition) is 7. The van der Waals surface area contributed by atoms with Crippen LogP contribution in [0.3, 0.4) is 0 Å². The van der Waals surface area contributed by atoms with E-state index in [4.69, 9.17) is 4.74 Å². The zero-order valence-electron chi connectivity index (χ0n) is 16.0. The van der Waals surface area contributed by atoms with Gasteiger partial charge in [-0.05, 0) is 18.2 Å². The molecule has 10 heteroatoms. The SMILES string of the molecule is CO/C(=C\c1cccc(NC2=CC=CC(c3cn[nH]c3)C=N2)n1)C1NC(=O)NC1=O. The summed E-state index contributed by atoms with van der Waals surface area (Å²) < 4.78 is 5.28. The predicted octanol–water partition coefficient (Wildman–Crippen LogP) is 1.68. The van der Waals surface area contributed by atoms with Gasteiger partial charge in [0.25, 0.3) is 5.91 Å². The Balaban J connectivity index is 1.49. The number of aromatic nitrogens is 3. The standard InChI is InChI=1S/C20H19N7O3/c1-30-15(18-19(28)27-20(29)26-18)8-14-5-3-7-17(24-14)25-16-6-2-4-12(9-21-16)13-10-22-23-11-13/h2-12,18H,1H3,(H,22,23)(H,24,25)(H2,26,27,28,29)/b15-8-. The third kappa shape index (κ3) is 4.27. The van der Waals surface area contributed by atoms with Crippen LogP contribution in [0.15, 0.2) is 65.4 Å². The smallest absolute Gasteiger partial charge is 0.322 e. The van der Waals surface area contributed by atoms with Crippen molar-refractivity contribution >= 4 is 30.0 Å². The van der Waals surface area contributed by atoms with Crippen LogP contribution >= 0.6 is 0 Å². The summed E-state index contributed by atoms with van der Waals surface area (Å²) in [7, 11) is 1.43. The maximum atomic E-state index is 11.9. The second kappa shape index (κ2) is 8.43. The fourth-order valence-corrected chi connectivity index (χ4v) is 2.99. The lowest BCUT2D eigenvalue weighted by atomic mass is 10.0. The molecule has 2 atom stereocenters. The van der Waals surface area contributed by atoms with Gasteiger partial charge in [0.1, 0.15) is 17.4 Å². The van der Waals surface area contributed by atoms with Gasteiger partial charge in [-0.1, -0.05) is 18.2 Å². The second-order valence-corrected chi connectivity index (χ2v) is 6.49. The van der Waals surface area contributed by atoms with Crippen LogP contribution in [0.25, 0.3) is 6.08 Å². The van der Waals surface area contributed by atoms with Gasteiger partial charge in [0.2, 0.25) is 0 Å². The number of urea groups is 1. The Morgan fingerprint density at radius 1 is 1.30 bits per heavy atom. The first-order valence-corrected chi connectivity index (χ1v) is 9.15. The number of H-pyrrole nitrogens is 1. The molecule has 2 aromatic rings. The molecule has 0 bridgehead atoms. The highest BCUT2D eigenvalue weighted by atomic mass is 16.5. The van der Waals surface area contributed by atoms with E-state index in [9.17, 15) is 9.59 Å². The van der Waals surface area contributed by atoms with E-state index in [0.717, 1.165) is 5.56 Å². The van der Waals surface area contributed by atoms with Gasteiger partial charge < -0.3 is 15.4 Å². The third-order valence-corrected chi connectivity index (χ3v) is 4.46. The molecule has 30 heavy (non-hydrogen) atoms. The zero-order valence-corrected chi connectivity index (χ0v) is 16.0. The summed E-state index contributed by atoms with van der Waals surface area (Å²) in [5.41, 5.74) is 1.57. The second-order valence-electron chi connectivity index (χ2n) is 6.49. The average molecular weight is 405 g/mol. The van der Waals surface area contributed by atoms with Crippen LogP contribution in [0.5, 0.6) is 0 Å². The number of amides is 3. The summed E-state index contributed by atoms with van der Waals surface area (Å²) in [6, 6.07) is 3.92. The van der Waals surface area contributed by atoms with Gasteiger partial charge in [0.05, 0.1) is 19.0 Å². The van der Waals surface area contributed by atoms with Crippen molar-refractivity contribution in [1.82, 2.24) is 25.8 Å². The van der Waals surface area contributed by atoms with Crippen LogP contribution in [0.1, 0.15) is 17.2 Å². The van der Waals surface area contributed by atoms with E-state index in [1.54, 1.807) is 24.4 Å². The summed E-state index contributed by atoms with van der Waals surface area (Å²) in [5.74, 6) is 1.02. The Hall–Kier alpha value is -4.21. The number of pyridine rings is 1. The van der Waals surface area contributed by atoms with Gasteiger partial charge in [0, 0.05) is 30.0 Å². The van der Waals surface area contributed by atoms with Crippen LogP contribution in [0.2, 0.25) is 0 Å². The number of imide groups is 1. The normalized spacial score (nSPS) is 21.0. The lowest BCUT2D eigenvalue weighted by molar-refractivity contribution is -0.120. The van der Waals surface area contributed by atoms with Crippen LogP contribution in [0, 0.1) is 0 Å². The molecule has 2 aliphatic rings. The number of carbonyl (C=O) groups excluding carboxylic acids is 2. The minimum absolute atomic E-state index is 0.0264. The topological polar surface area (TPSA) is 133 Å². The molecular formula is C20H19N7O3. The number of hydrogen-bond donors (Lipinski definition) is 4. The highest BCUT2D eigenvalue weighted by Crippen LogP contribution is 2.19. The molecular weight excluding hydrogens is 386 g/mol. The average Bonchev–Trinajstić information content (AvgIpc) is 3.32. The molecule has 152 valence electrons. The van der Waals surface area contributed by atoms with Crippen molar-refractivity contribution in [2.24, 2.45) is 4.99 Å². The summed E-state index contributed by atoms with van der Waals surface area (Å²) in [5, 5.41) is 14.6. The molecule has 1 fully saturated rings. The van der Waals surface area contributed by atoms with Crippen molar-refractivity contribution in [3.05, 3.63) is 71.7 Å². The molecule has 2 aromatic heterocycles. The van der Waals surface area contributed by atoms with E-state index in [1.165, 1.54) is 7.11 Å². The first kappa shape index (κ1) is 19.1. The van der Waals surface area contributed by atoms with Gasteiger partial charge in [0.15, 0.2) is 6.04 Å². The molecule has 2 aliphatic heterocycles. The molecule has 2 unspecified atom stereocenters.